The second-order valence-electron chi connectivity index (χ2n) is 7.73. The van der Waals surface area contributed by atoms with Crippen molar-refractivity contribution in [3.8, 4) is 0 Å². The van der Waals surface area contributed by atoms with E-state index >= 15 is 0 Å². The van der Waals surface area contributed by atoms with Gasteiger partial charge in [-0.05, 0) is 43.4 Å². The Balaban J connectivity index is 1.64. The number of benzene rings is 1. The first kappa shape index (κ1) is 21.4. The van der Waals surface area contributed by atoms with E-state index in [1.165, 1.54) is 12.8 Å². The summed E-state index contributed by atoms with van der Waals surface area (Å²) >= 11 is 12.1. The quantitative estimate of drug-likeness (QED) is 0.752. The van der Waals surface area contributed by atoms with Crippen LogP contribution in [0.15, 0.2) is 18.2 Å². The van der Waals surface area contributed by atoms with Crippen LogP contribution in [0.4, 0.5) is 0 Å². The molecule has 1 aromatic carbocycles. The number of hydrogen-bond acceptors (Lipinski definition) is 3. The summed E-state index contributed by atoms with van der Waals surface area (Å²) in [6, 6.07) is 4.88. The van der Waals surface area contributed by atoms with Crippen molar-refractivity contribution in [3.63, 3.8) is 0 Å². The van der Waals surface area contributed by atoms with Crippen molar-refractivity contribution in [2.45, 2.75) is 45.1 Å². The molecule has 2 aliphatic rings. The number of nitrogens with zero attached hydrogens (tertiary/aromatic N) is 2. The second kappa shape index (κ2) is 9.95. The third-order valence-electron chi connectivity index (χ3n) is 5.82. The van der Waals surface area contributed by atoms with Gasteiger partial charge in [0.25, 0.3) is 5.91 Å². The molecule has 0 bridgehead atoms. The normalized spacial score (nSPS) is 19.6. The van der Waals surface area contributed by atoms with Crippen molar-refractivity contribution in [2.24, 2.45) is 5.92 Å². The van der Waals surface area contributed by atoms with Gasteiger partial charge in [0.05, 0.1) is 16.6 Å². The second-order valence-corrected chi connectivity index (χ2v) is 8.58. The summed E-state index contributed by atoms with van der Waals surface area (Å²) in [6.45, 7) is 5.39. The van der Waals surface area contributed by atoms with E-state index in [0.29, 0.717) is 47.7 Å². The molecular formula is C21H29Cl2N3O2. The lowest BCUT2D eigenvalue weighted by atomic mass is 9.95. The highest BCUT2D eigenvalue weighted by molar-refractivity contribution is 6.36. The Morgan fingerprint density at radius 2 is 1.82 bits per heavy atom. The topological polar surface area (TPSA) is 52.7 Å². The molecular weight excluding hydrogens is 397 g/mol. The number of carbonyl (C=O) groups excluding carboxylic acids is 2. The number of amides is 2. The van der Waals surface area contributed by atoms with Crippen LogP contribution < -0.4 is 5.32 Å². The lowest BCUT2D eigenvalue weighted by Crippen LogP contribution is -2.58. The maximum Gasteiger partial charge on any atom is 0.255 e. The van der Waals surface area contributed by atoms with Crippen LogP contribution in [0.25, 0.3) is 0 Å². The third-order valence-corrected chi connectivity index (χ3v) is 6.37. The first-order valence-corrected chi connectivity index (χ1v) is 11.0. The fourth-order valence-corrected chi connectivity index (χ4v) is 4.83. The number of nitrogens with one attached hydrogen (secondary N) is 1. The molecule has 7 heteroatoms. The fraction of sp³-hybridized carbons (Fsp3) is 0.619. The van der Waals surface area contributed by atoms with E-state index in [2.05, 4.69) is 17.1 Å². The number of halogens is 2. The summed E-state index contributed by atoms with van der Waals surface area (Å²) in [5, 5.41) is 3.98. The summed E-state index contributed by atoms with van der Waals surface area (Å²) in [7, 11) is 0. The zero-order valence-corrected chi connectivity index (χ0v) is 17.9. The van der Waals surface area contributed by atoms with Crippen LogP contribution in [0.5, 0.6) is 0 Å². The molecule has 3 rings (SSSR count). The van der Waals surface area contributed by atoms with Gasteiger partial charge < -0.3 is 10.2 Å². The fourth-order valence-electron chi connectivity index (χ4n) is 4.34. The molecule has 0 spiro atoms. The molecule has 28 heavy (non-hydrogen) atoms. The van der Waals surface area contributed by atoms with Gasteiger partial charge in [-0.2, -0.15) is 0 Å². The molecule has 1 N–H and O–H groups in total. The Bertz CT molecular complexity index is 699. The van der Waals surface area contributed by atoms with Crippen molar-refractivity contribution in [1.29, 1.82) is 0 Å². The molecule has 1 aliphatic carbocycles. The van der Waals surface area contributed by atoms with Gasteiger partial charge in [-0.1, -0.05) is 43.0 Å². The lowest BCUT2D eigenvalue weighted by molar-refractivity contribution is -0.129. The minimum Gasteiger partial charge on any atom is -0.355 e. The summed E-state index contributed by atoms with van der Waals surface area (Å²) < 4.78 is 0. The zero-order valence-electron chi connectivity index (χ0n) is 16.4. The first-order chi connectivity index (χ1) is 13.5. The highest BCUT2D eigenvalue weighted by Gasteiger charge is 2.37. The molecule has 0 radical (unpaired) electrons. The molecule has 0 aromatic heterocycles. The Morgan fingerprint density at radius 1 is 1.14 bits per heavy atom. The average Bonchev–Trinajstić information content (AvgIpc) is 3.21. The Hall–Kier alpha value is -1.30. The van der Waals surface area contributed by atoms with Crippen LogP contribution in [0, 0.1) is 5.92 Å². The minimum atomic E-state index is -0.0783. The van der Waals surface area contributed by atoms with Crippen LogP contribution in [0.3, 0.4) is 0 Å². The van der Waals surface area contributed by atoms with Crippen molar-refractivity contribution in [2.75, 3.05) is 32.7 Å². The molecule has 1 heterocycles. The van der Waals surface area contributed by atoms with Gasteiger partial charge >= 0.3 is 0 Å². The number of carbonyl (C=O) groups is 2. The molecule has 5 nitrogen and oxygen atoms in total. The van der Waals surface area contributed by atoms with Crippen LogP contribution in [0.1, 0.15) is 49.4 Å². The average molecular weight is 426 g/mol. The van der Waals surface area contributed by atoms with Crippen LogP contribution in [-0.4, -0.2) is 60.4 Å². The SMILES string of the molecule is CCCNC(=O)C(C1CCCC1)N1CCN(C(=O)c2ccc(Cl)cc2Cl)CC1. The van der Waals surface area contributed by atoms with Gasteiger partial charge in [0.15, 0.2) is 0 Å². The van der Waals surface area contributed by atoms with Gasteiger partial charge in [0.1, 0.15) is 0 Å². The molecule has 1 atom stereocenters. The van der Waals surface area contributed by atoms with E-state index < -0.39 is 0 Å². The highest BCUT2D eigenvalue weighted by Crippen LogP contribution is 2.31. The van der Waals surface area contributed by atoms with E-state index in [1.807, 2.05) is 4.90 Å². The summed E-state index contributed by atoms with van der Waals surface area (Å²) in [5.41, 5.74) is 0.479. The lowest BCUT2D eigenvalue weighted by Gasteiger charge is -2.40. The highest BCUT2D eigenvalue weighted by atomic mass is 35.5. The van der Waals surface area contributed by atoms with E-state index in [9.17, 15) is 9.59 Å². The maximum absolute atomic E-state index is 12.8. The van der Waals surface area contributed by atoms with Gasteiger partial charge in [-0.15, -0.1) is 0 Å². The van der Waals surface area contributed by atoms with E-state index in [0.717, 1.165) is 25.8 Å². The number of piperazine rings is 1. The van der Waals surface area contributed by atoms with Crippen molar-refractivity contribution in [1.82, 2.24) is 15.1 Å². The predicted molar refractivity (Wildman–Crippen MR) is 113 cm³/mol. The number of hydrogen-bond donors (Lipinski definition) is 1. The predicted octanol–water partition coefficient (Wildman–Crippen LogP) is 3.84. The van der Waals surface area contributed by atoms with E-state index in [1.54, 1.807) is 18.2 Å². The third kappa shape index (κ3) is 5.00. The molecule has 1 saturated carbocycles. The smallest absolute Gasteiger partial charge is 0.255 e. The molecule has 1 unspecified atom stereocenters. The Labute approximate surface area is 177 Å². The molecule has 1 aromatic rings. The monoisotopic (exact) mass is 425 g/mol. The Kier molecular flexibility index (Phi) is 7.61. The minimum absolute atomic E-state index is 0.0748. The molecule has 1 saturated heterocycles. The molecule has 2 fully saturated rings. The van der Waals surface area contributed by atoms with Crippen LogP contribution in [-0.2, 0) is 4.79 Å². The largest absolute Gasteiger partial charge is 0.355 e. The number of rotatable bonds is 6. The van der Waals surface area contributed by atoms with Crippen LogP contribution in [0.2, 0.25) is 10.0 Å². The molecule has 2 amide bonds. The van der Waals surface area contributed by atoms with E-state index in [-0.39, 0.29) is 17.9 Å². The summed E-state index contributed by atoms with van der Waals surface area (Å²) in [6.07, 6.45) is 5.58. The van der Waals surface area contributed by atoms with Crippen molar-refractivity contribution in [3.05, 3.63) is 33.8 Å². The van der Waals surface area contributed by atoms with Gasteiger partial charge in [-0.25, -0.2) is 0 Å². The molecule has 1 aliphatic heterocycles. The zero-order chi connectivity index (χ0) is 20.1. The Morgan fingerprint density at radius 3 is 2.43 bits per heavy atom. The summed E-state index contributed by atoms with van der Waals surface area (Å²) in [4.78, 5) is 29.8. The van der Waals surface area contributed by atoms with Crippen molar-refractivity contribution < 1.29 is 9.59 Å². The van der Waals surface area contributed by atoms with Gasteiger partial charge in [-0.3, -0.25) is 14.5 Å². The van der Waals surface area contributed by atoms with Gasteiger partial charge in [0, 0.05) is 37.7 Å². The maximum atomic E-state index is 12.8. The summed E-state index contributed by atoms with van der Waals surface area (Å²) in [5.74, 6) is 0.494. The molecule has 154 valence electrons. The van der Waals surface area contributed by atoms with Crippen LogP contribution >= 0.6 is 23.2 Å². The van der Waals surface area contributed by atoms with Crippen molar-refractivity contribution >= 4 is 35.0 Å². The standard InChI is InChI=1S/C21H29Cl2N3O2/c1-2-9-24-20(27)19(15-5-3-4-6-15)25-10-12-26(13-11-25)21(28)17-8-7-16(22)14-18(17)23/h7-8,14-15,19H,2-6,9-13H2,1H3,(H,24,27). The van der Waals surface area contributed by atoms with Gasteiger partial charge in [0.2, 0.25) is 5.91 Å². The van der Waals surface area contributed by atoms with E-state index in [4.69, 9.17) is 23.2 Å². The first-order valence-electron chi connectivity index (χ1n) is 10.3.